The van der Waals surface area contributed by atoms with E-state index in [0.717, 1.165) is 5.69 Å². The molecule has 0 aliphatic carbocycles. The first-order valence-corrected chi connectivity index (χ1v) is 4.11. The van der Waals surface area contributed by atoms with Gasteiger partial charge in [0.2, 0.25) is 5.95 Å². The fraction of sp³-hybridized carbons (Fsp3) is 0. The largest absolute Gasteiger partial charge is 0.330 e. The predicted octanol–water partition coefficient (Wildman–Crippen LogP) is 1.99. The van der Waals surface area contributed by atoms with Crippen molar-refractivity contribution >= 4 is 11.6 Å². The Balaban J connectivity index is 1.95. The maximum Gasteiger partial charge on any atom is 0.219 e. The summed E-state index contributed by atoms with van der Waals surface area (Å²) in [5.74, 6) is 0.350. The molecule has 4 nitrogen and oxygen atoms in total. The summed E-state index contributed by atoms with van der Waals surface area (Å²) in [5.41, 5.74) is 6.45. The average molecular weight is 192 g/mol. The van der Waals surface area contributed by atoms with Crippen LogP contribution in [0.2, 0.25) is 0 Å². The minimum absolute atomic E-state index is 0.256. The number of nitrogens with one attached hydrogen (secondary N) is 3. The van der Waals surface area contributed by atoms with Crippen LogP contribution in [-0.2, 0) is 0 Å². The molecule has 14 heavy (non-hydrogen) atoms. The number of aromatic amines is 1. The van der Waals surface area contributed by atoms with Crippen LogP contribution >= 0.6 is 0 Å². The van der Waals surface area contributed by atoms with Crippen molar-refractivity contribution < 1.29 is 4.39 Å². The summed E-state index contributed by atoms with van der Waals surface area (Å²) < 4.78 is 12.5. The number of anilines is 2. The highest BCUT2D eigenvalue weighted by atomic mass is 19.1. The van der Waals surface area contributed by atoms with Gasteiger partial charge in [0, 0.05) is 12.4 Å². The summed E-state index contributed by atoms with van der Waals surface area (Å²) in [5, 5.41) is 0. The third-order valence-electron chi connectivity index (χ3n) is 1.67. The average Bonchev–Trinajstić information content (AvgIpc) is 2.70. The summed E-state index contributed by atoms with van der Waals surface area (Å²) >= 11 is 0. The zero-order valence-corrected chi connectivity index (χ0v) is 7.29. The molecule has 0 aliphatic rings. The second-order valence-corrected chi connectivity index (χ2v) is 2.69. The first-order chi connectivity index (χ1) is 6.84. The van der Waals surface area contributed by atoms with Gasteiger partial charge in [-0.2, -0.15) is 0 Å². The van der Waals surface area contributed by atoms with E-state index in [2.05, 4.69) is 20.8 Å². The predicted molar refractivity (Wildman–Crippen MR) is 52.2 cm³/mol. The lowest BCUT2D eigenvalue weighted by Crippen LogP contribution is -2.09. The Hall–Kier alpha value is -2.04. The van der Waals surface area contributed by atoms with E-state index in [9.17, 15) is 4.39 Å². The van der Waals surface area contributed by atoms with Crippen LogP contribution in [0.15, 0.2) is 36.7 Å². The van der Waals surface area contributed by atoms with Gasteiger partial charge < -0.3 is 4.98 Å². The van der Waals surface area contributed by atoms with Crippen LogP contribution in [0.4, 0.5) is 16.0 Å². The van der Waals surface area contributed by atoms with E-state index in [-0.39, 0.29) is 5.82 Å². The summed E-state index contributed by atoms with van der Waals surface area (Å²) in [6.45, 7) is 0. The molecular formula is C9H9FN4. The van der Waals surface area contributed by atoms with Crippen molar-refractivity contribution in [1.82, 2.24) is 9.97 Å². The number of hydrogen-bond donors (Lipinski definition) is 3. The Labute approximate surface area is 80.2 Å². The zero-order valence-electron chi connectivity index (χ0n) is 7.29. The van der Waals surface area contributed by atoms with Crippen molar-refractivity contribution in [1.29, 1.82) is 0 Å². The molecule has 0 bridgehead atoms. The number of rotatable bonds is 3. The molecule has 5 heteroatoms. The maximum absolute atomic E-state index is 12.5. The SMILES string of the molecule is Fc1ccc(NNc2ncc[nH]2)cc1. The molecule has 0 amide bonds. The Kier molecular flexibility index (Phi) is 2.31. The van der Waals surface area contributed by atoms with Crippen molar-refractivity contribution in [2.24, 2.45) is 0 Å². The first kappa shape index (κ1) is 8.55. The minimum atomic E-state index is -0.256. The molecule has 1 aromatic carbocycles. The Morgan fingerprint density at radius 1 is 1.14 bits per heavy atom. The number of hydrogen-bond acceptors (Lipinski definition) is 3. The Bertz CT molecular complexity index is 382. The standard InChI is InChI=1S/C9H9FN4/c10-7-1-3-8(4-2-7)13-14-9-11-5-6-12-9/h1-6,13H,(H2,11,12,14). The van der Waals surface area contributed by atoms with Gasteiger partial charge in [-0.15, -0.1) is 0 Å². The molecule has 0 radical (unpaired) electrons. The van der Waals surface area contributed by atoms with Crippen LogP contribution in [0.1, 0.15) is 0 Å². The van der Waals surface area contributed by atoms with E-state index < -0.39 is 0 Å². The number of nitrogens with zero attached hydrogens (tertiary/aromatic N) is 1. The number of imidazole rings is 1. The molecule has 2 aromatic rings. The van der Waals surface area contributed by atoms with Crippen molar-refractivity contribution in [3.63, 3.8) is 0 Å². The van der Waals surface area contributed by atoms with Gasteiger partial charge in [-0.25, -0.2) is 9.37 Å². The van der Waals surface area contributed by atoms with Crippen LogP contribution in [0.3, 0.4) is 0 Å². The van der Waals surface area contributed by atoms with Gasteiger partial charge in [-0.1, -0.05) is 0 Å². The van der Waals surface area contributed by atoms with E-state index in [0.29, 0.717) is 5.95 Å². The fourth-order valence-corrected chi connectivity index (χ4v) is 0.998. The molecule has 2 rings (SSSR count). The second kappa shape index (κ2) is 3.78. The lowest BCUT2D eigenvalue weighted by molar-refractivity contribution is 0.628. The molecule has 0 unspecified atom stereocenters. The van der Waals surface area contributed by atoms with Crippen molar-refractivity contribution in [2.75, 3.05) is 10.9 Å². The summed E-state index contributed by atoms with van der Waals surface area (Å²) in [7, 11) is 0. The van der Waals surface area contributed by atoms with E-state index in [1.54, 1.807) is 24.5 Å². The van der Waals surface area contributed by atoms with Crippen molar-refractivity contribution in [2.45, 2.75) is 0 Å². The van der Waals surface area contributed by atoms with Gasteiger partial charge in [-0.05, 0) is 24.3 Å². The Morgan fingerprint density at radius 3 is 2.57 bits per heavy atom. The Morgan fingerprint density at radius 2 is 1.93 bits per heavy atom. The van der Waals surface area contributed by atoms with E-state index in [1.165, 1.54) is 12.1 Å². The van der Waals surface area contributed by atoms with Crippen LogP contribution in [0, 0.1) is 5.82 Å². The summed E-state index contributed by atoms with van der Waals surface area (Å²) in [4.78, 5) is 6.81. The lowest BCUT2D eigenvalue weighted by atomic mass is 10.3. The van der Waals surface area contributed by atoms with E-state index >= 15 is 0 Å². The molecule has 0 saturated carbocycles. The zero-order chi connectivity index (χ0) is 9.80. The quantitative estimate of drug-likeness (QED) is 0.652. The topological polar surface area (TPSA) is 52.7 Å². The van der Waals surface area contributed by atoms with Gasteiger partial charge in [0.25, 0.3) is 0 Å². The van der Waals surface area contributed by atoms with Crippen LogP contribution in [0.5, 0.6) is 0 Å². The first-order valence-electron chi connectivity index (χ1n) is 4.11. The summed E-state index contributed by atoms with van der Waals surface area (Å²) in [6, 6.07) is 6.02. The van der Waals surface area contributed by atoms with Gasteiger partial charge in [0.05, 0.1) is 5.69 Å². The number of hydrazine groups is 1. The highest BCUT2D eigenvalue weighted by Crippen LogP contribution is 2.08. The van der Waals surface area contributed by atoms with Gasteiger partial charge >= 0.3 is 0 Å². The normalized spacial score (nSPS) is 9.79. The third kappa shape index (κ3) is 2.01. The molecule has 1 heterocycles. The monoisotopic (exact) mass is 192 g/mol. The number of halogens is 1. The summed E-state index contributed by atoms with van der Waals surface area (Å²) in [6.07, 6.45) is 3.34. The van der Waals surface area contributed by atoms with Gasteiger partial charge in [-0.3, -0.25) is 10.9 Å². The smallest absolute Gasteiger partial charge is 0.219 e. The minimum Gasteiger partial charge on any atom is -0.330 e. The highest BCUT2D eigenvalue weighted by Gasteiger charge is 1.93. The molecular weight excluding hydrogens is 183 g/mol. The highest BCUT2D eigenvalue weighted by molar-refractivity contribution is 5.47. The van der Waals surface area contributed by atoms with E-state index in [4.69, 9.17) is 0 Å². The number of H-pyrrole nitrogens is 1. The van der Waals surface area contributed by atoms with Crippen LogP contribution < -0.4 is 10.9 Å². The second-order valence-electron chi connectivity index (χ2n) is 2.69. The van der Waals surface area contributed by atoms with Crippen molar-refractivity contribution in [3.8, 4) is 0 Å². The number of aromatic nitrogens is 2. The van der Waals surface area contributed by atoms with Crippen molar-refractivity contribution in [3.05, 3.63) is 42.5 Å². The third-order valence-corrected chi connectivity index (χ3v) is 1.67. The van der Waals surface area contributed by atoms with Crippen LogP contribution in [0.25, 0.3) is 0 Å². The maximum atomic E-state index is 12.5. The molecule has 72 valence electrons. The molecule has 0 aliphatic heterocycles. The fourth-order valence-electron chi connectivity index (χ4n) is 0.998. The molecule has 0 saturated heterocycles. The van der Waals surface area contributed by atoms with Crippen LogP contribution in [-0.4, -0.2) is 9.97 Å². The molecule has 0 spiro atoms. The van der Waals surface area contributed by atoms with Gasteiger partial charge in [0.1, 0.15) is 5.82 Å². The number of benzene rings is 1. The van der Waals surface area contributed by atoms with Gasteiger partial charge in [0.15, 0.2) is 0 Å². The molecule has 0 atom stereocenters. The molecule has 3 N–H and O–H groups in total. The van der Waals surface area contributed by atoms with E-state index in [1.807, 2.05) is 0 Å². The lowest BCUT2D eigenvalue weighted by Gasteiger charge is -2.05. The molecule has 1 aromatic heterocycles. The molecule has 0 fully saturated rings.